The van der Waals surface area contributed by atoms with Gasteiger partial charge in [-0.1, -0.05) is 89.7 Å². The van der Waals surface area contributed by atoms with Crippen LogP contribution in [0, 0.1) is 17.8 Å². The zero-order chi connectivity index (χ0) is 19.9. The molecule has 1 heteroatoms. The third-order valence-corrected chi connectivity index (χ3v) is 6.90. The molecule has 28 heavy (non-hydrogen) atoms. The van der Waals surface area contributed by atoms with Crippen molar-refractivity contribution < 1.29 is 4.74 Å². The minimum Gasteiger partial charge on any atom is -0.499 e. The second kappa shape index (κ2) is 15.2. The summed E-state index contributed by atoms with van der Waals surface area (Å²) in [5.41, 5.74) is 0. The molecule has 0 bridgehead atoms. The van der Waals surface area contributed by atoms with Gasteiger partial charge < -0.3 is 4.74 Å². The first-order chi connectivity index (χ1) is 13.8. The van der Waals surface area contributed by atoms with Crippen molar-refractivity contribution in [1.29, 1.82) is 0 Å². The molecule has 2 aliphatic rings. The molecule has 2 saturated carbocycles. The van der Waals surface area contributed by atoms with E-state index in [9.17, 15) is 0 Å². The summed E-state index contributed by atoms with van der Waals surface area (Å²) in [6.45, 7) is 5.30. The highest BCUT2D eigenvalue weighted by Crippen LogP contribution is 2.44. The molecule has 0 spiro atoms. The van der Waals surface area contributed by atoms with Gasteiger partial charge in [0.05, 0.1) is 12.4 Å². The lowest BCUT2D eigenvalue weighted by atomic mass is 9.81. The number of unbranched alkanes of at least 4 members (excludes halogenated alkanes) is 7. The smallest absolute Gasteiger partial charge is 0.0889 e. The lowest BCUT2D eigenvalue weighted by Gasteiger charge is -2.24. The van der Waals surface area contributed by atoms with Crippen molar-refractivity contribution in [3.63, 3.8) is 0 Å². The Bertz CT molecular complexity index is 432. The van der Waals surface area contributed by atoms with Crippen LogP contribution in [-0.2, 0) is 4.74 Å². The van der Waals surface area contributed by atoms with Gasteiger partial charge in [-0.3, -0.25) is 0 Å². The topological polar surface area (TPSA) is 9.23 Å². The fraction of sp³-hybridized carbons (Fsp3) is 0.852. The van der Waals surface area contributed by atoms with Crippen LogP contribution in [-0.4, -0.2) is 6.61 Å². The van der Waals surface area contributed by atoms with Crippen molar-refractivity contribution in [3.8, 4) is 0 Å². The van der Waals surface area contributed by atoms with Gasteiger partial charge in [-0.15, -0.1) is 0 Å². The Morgan fingerprint density at radius 2 is 1.64 bits per heavy atom. The van der Waals surface area contributed by atoms with Crippen LogP contribution in [0.4, 0.5) is 0 Å². The van der Waals surface area contributed by atoms with Crippen molar-refractivity contribution >= 4 is 0 Å². The third-order valence-electron chi connectivity index (χ3n) is 6.90. The first-order valence-electron chi connectivity index (χ1n) is 12.7. The Hall–Kier alpha value is -0.720. The second-order valence-corrected chi connectivity index (χ2v) is 9.55. The van der Waals surface area contributed by atoms with E-state index in [1.807, 2.05) is 0 Å². The van der Waals surface area contributed by atoms with E-state index in [4.69, 9.17) is 4.74 Å². The van der Waals surface area contributed by atoms with E-state index in [0.717, 1.165) is 36.5 Å². The lowest BCUT2D eigenvalue weighted by molar-refractivity contribution is 0.209. The maximum absolute atomic E-state index is 5.86. The van der Waals surface area contributed by atoms with E-state index in [1.54, 1.807) is 0 Å². The van der Waals surface area contributed by atoms with E-state index < -0.39 is 0 Å². The monoisotopic (exact) mass is 388 g/mol. The molecule has 0 radical (unpaired) electrons. The van der Waals surface area contributed by atoms with E-state index >= 15 is 0 Å². The quantitative estimate of drug-likeness (QED) is 0.129. The number of hydrogen-bond donors (Lipinski definition) is 0. The molecule has 0 aromatic carbocycles. The van der Waals surface area contributed by atoms with Gasteiger partial charge in [0.15, 0.2) is 0 Å². The molecule has 2 aliphatic carbocycles. The molecule has 0 aromatic heterocycles. The maximum Gasteiger partial charge on any atom is 0.0889 e. The van der Waals surface area contributed by atoms with Gasteiger partial charge in [0, 0.05) is 0 Å². The van der Waals surface area contributed by atoms with Crippen LogP contribution in [0.25, 0.3) is 0 Å². The predicted octanol–water partition coefficient (Wildman–Crippen LogP) is 8.99. The summed E-state index contributed by atoms with van der Waals surface area (Å²) in [5, 5.41) is 0. The Labute approximate surface area is 176 Å². The Kier molecular flexibility index (Phi) is 12.8. The molecule has 2 atom stereocenters. The normalized spacial score (nSPS) is 22.6. The van der Waals surface area contributed by atoms with Crippen molar-refractivity contribution in [3.05, 3.63) is 24.0 Å². The summed E-state index contributed by atoms with van der Waals surface area (Å²) in [7, 11) is 0. The maximum atomic E-state index is 5.86. The van der Waals surface area contributed by atoms with Crippen LogP contribution in [0.2, 0.25) is 0 Å². The number of ether oxygens (including phenoxy) is 1. The van der Waals surface area contributed by atoms with E-state index in [2.05, 4.69) is 32.1 Å². The van der Waals surface area contributed by atoms with Crippen molar-refractivity contribution in [2.45, 2.75) is 123 Å². The van der Waals surface area contributed by atoms with E-state index in [-0.39, 0.29) is 0 Å². The van der Waals surface area contributed by atoms with Crippen molar-refractivity contribution in [1.82, 2.24) is 0 Å². The van der Waals surface area contributed by atoms with Crippen LogP contribution in [0.3, 0.4) is 0 Å². The average molecular weight is 389 g/mol. The summed E-state index contributed by atoms with van der Waals surface area (Å²) in [4.78, 5) is 0. The van der Waals surface area contributed by atoms with Gasteiger partial charge in [-0.05, 0) is 69.3 Å². The Balaban J connectivity index is 1.30. The highest BCUT2D eigenvalue weighted by molar-refractivity contribution is 4.94. The Morgan fingerprint density at radius 3 is 2.39 bits per heavy atom. The fourth-order valence-electron chi connectivity index (χ4n) is 4.58. The van der Waals surface area contributed by atoms with Gasteiger partial charge in [0.25, 0.3) is 0 Å². The fourth-order valence-corrected chi connectivity index (χ4v) is 4.58. The van der Waals surface area contributed by atoms with E-state index in [1.165, 1.54) is 103 Å². The first-order valence-corrected chi connectivity index (χ1v) is 12.7. The standard InChI is InChI=1S/C27H48O/c1-3-16-26-23-27(26)21-13-9-10-14-22-28-24(2)17-11-7-5-4-6-8-12-18-25-19-15-20-25/h9,13,17,25-27H,3-8,10-12,14-16,18-23H2,1-2H3/b13-9+,24-17+. The highest BCUT2D eigenvalue weighted by atomic mass is 16.5. The van der Waals surface area contributed by atoms with Crippen LogP contribution >= 0.6 is 0 Å². The molecule has 2 unspecified atom stereocenters. The number of rotatable bonds is 18. The van der Waals surface area contributed by atoms with Crippen LogP contribution < -0.4 is 0 Å². The largest absolute Gasteiger partial charge is 0.499 e. The second-order valence-electron chi connectivity index (χ2n) is 9.55. The zero-order valence-corrected chi connectivity index (χ0v) is 19.1. The predicted molar refractivity (Wildman–Crippen MR) is 123 cm³/mol. The molecule has 0 saturated heterocycles. The zero-order valence-electron chi connectivity index (χ0n) is 19.1. The van der Waals surface area contributed by atoms with Crippen LogP contribution in [0.5, 0.6) is 0 Å². The van der Waals surface area contributed by atoms with Crippen LogP contribution in [0.1, 0.15) is 123 Å². The summed E-state index contributed by atoms with van der Waals surface area (Å²) in [5.74, 6) is 4.28. The lowest BCUT2D eigenvalue weighted by Crippen LogP contribution is -2.10. The summed E-state index contributed by atoms with van der Waals surface area (Å²) < 4.78 is 5.86. The van der Waals surface area contributed by atoms with Crippen molar-refractivity contribution in [2.75, 3.05) is 6.61 Å². The molecule has 0 N–H and O–H groups in total. The summed E-state index contributed by atoms with van der Waals surface area (Å²) in [6.07, 6.45) is 30.7. The molecule has 2 rings (SSSR count). The molecular weight excluding hydrogens is 340 g/mol. The van der Waals surface area contributed by atoms with Gasteiger partial charge in [0.2, 0.25) is 0 Å². The van der Waals surface area contributed by atoms with Gasteiger partial charge in [-0.2, -0.15) is 0 Å². The van der Waals surface area contributed by atoms with Gasteiger partial charge in [0.1, 0.15) is 0 Å². The highest BCUT2D eigenvalue weighted by Gasteiger charge is 2.34. The summed E-state index contributed by atoms with van der Waals surface area (Å²) >= 11 is 0. The number of allylic oxidation sites excluding steroid dienone is 4. The molecule has 2 fully saturated rings. The van der Waals surface area contributed by atoms with Gasteiger partial charge >= 0.3 is 0 Å². The van der Waals surface area contributed by atoms with Crippen LogP contribution in [0.15, 0.2) is 24.0 Å². The molecule has 0 aromatic rings. The number of hydrogen-bond acceptors (Lipinski definition) is 1. The van der Waals surface area contributed by atoms with E-state index in [0.29, 0.717) is 0 Å². The Morgan fingerprint density at radius 1 is 0.857 bits per heavy atom. The SMILES string of the molecule is CCCC1CC1C/C=C/CCCO/C(C)=C/CCCCCCCCC1CCC1. The molecule has 162 valence electrons. The molecule has 0 heterocycles. The molecule has 0 aliphatic heterocycles. The minimum absolute atomic E-state index is 0.871. The minimum atomic E-state index is 0.871. The van der Waals surface area contributed by atoms with Gasteiger partial charge in [-0.25, -0.2) is 0 Å². The molecule has 1 nitrogen and oxygen atoms in total. The molecular formula is C27H48O. The average Bonchev–Trinajstić information content (AvgIpc) is 3.39. The third kappa shape index (κ3) is 11.3. The molecule has 0 amide bonds. The van der Waals surface area contributed by atoms with Crippen molar-refractivity contribution in [2.24, 2.45) is 17.8 Å². The first kappa shape index (κ1) is 23.6. The summed E-state index contributed by atoms with van der Waals surface area (Å²) in [6, 6.07) is 0.